The van der Waals surface area contributed by atoms with Crippen LogP contribution in [0.15, 0.2) is 66.7 Å². The van der Waals surface area contributed by atoms with E-state index >= 15 is 0 Å². The van der Waals surface area contributed by atoms with Gasteiger partial charge in [-0.1, -0.05) is 60.7 Å². The number of primary amides is 1. The minimum Gasteiger partial charge on any atom is -0.468 e. The van der Waals surface area contributed by atoms with Crippen molar-refractivity contribution in [2.45, 2.75) is 31.4 Å². The van der Waals surface area contributed by atoms with Crippen molar-refractivity contribution >= 4 is 22.6 Å². The van der Waals surface area contributed by atoms with E-state index in [-0.39, 0.29) is 11.8 Å². The lowest BCUT2D eigenvalue weighted by Gasteiger charge is -2.52. The van der Waals surface area contributed by atoms with Gasteiger partial charge in [0.1, 0.15) is 11.7 Å². The van der Waals surface area contributed by atoms with Crippen LogP contribution in [0.25, 0.3) is 10.8 Å². The summed E-state index contributed by atoms with van der Waals surface area (Å²) >= 11 is 0. The number of para-hydroxylation sites is 1. The summed E-state index contributed by atoms with van der Waals surface area (Å²) in [5.74, 6) is -1.19. The molecule has 5 rings (SSSR count). The van der Waals surface area contributed by atoms with E-state index in [4.69, 9.17) is 10.5 Å². The Kier molecular flexibility index (Phi) is 4.28. The maximum absolute atomic E-state index is 13.4. The number of hydrogen-bond acceptors (Lipinski definition) is 3. The third kappa shape index (κ3) is 2.93. The van der Waals surface area contributed by atoms with Gasteiger partial charge in [-0.25, -0.2) is 0 Å². The summed E-state index contributed by atoms with van der Waals surface area (Å²) in [6.07, 6.45) is 1.23. The Morgan fingerprint density at radius 3 is 2.63 bits per heavy atom. The fourth-order valence-corrected chi connectivity index (χ4v) is 5.01. The molecule has 5 heteroatoms. The second-order valence-corrected chi connectivity index (χ2v) is 8.43. The van der Waals surface area contributed by atoms with Gasteiger partial charge in [-0.05, 0) is 41.3 Å². The summed E-state index contributed by atoms with van der Waals surface area (Å²) in [5, 5.41) is 2.36. The Morgan fingerprint density at radius 2 is 1.83 bits per heavy atom. The van der Waals surface area contributed by atoms with E-state index in [0.717, 1.165) is 16.9 Å². The van der Waals surface area contributed by atoms with Gasteiger partial charge in [0.25, 0.3) is 0 Å². The van der Waals surface area contributed by atoms with Crippen LogP contribution in [0.4, 0.5) is 0 Å². The number of carbonyl (C=O) groups excluding carboxylic acids is 2. The first-order valence-electron chi connectivity index (χ1n) is 10.3. The molecule has 3 aromatic rings. The summed E-state index contributed by atoms with van der Waals surface area (Å²) in [6.45, 7) is 2.40. The molecule has 0 radical (unpaired) electrons. The van der Waals surface area contributed by atoms with Crippen LogP contribution >= 0.6 is 0 Å². The van der Waals surface area contributed by atoms with Crippen LogP contribution in [0.3, 0.4) is 0 Å². The van der Waals surface area contributed by atoms with Crippen LogP contribution in [0.5, 0.6) is 5.75 Å². The van der Waals surface area contributed by atoms with Crippen LogP contribution in [-0.2, 0) is 16.0 Å². The van der Waals surface area contributed by atoms with E-state index < -0.39 is 17.6 Å². The normalized spacial score (nSPS) is 25.0. The van der Waals surface area contributed by atoms with Crippen LogP contribution in [0.2, 0.25) is 0 Å². The zero-order valence-corrected chi connectivity index (χ0v) is 16.9. The molecule has 2 N–H and O–H groups in total. The van der Waals surface area contributed by atoms with Crippen molar-refractivity contribution in [1.29, 1.82) is 0 Å². The van der Waals surface area contributed by atoms with Crippen molar-refractivity contribution in [1.82, 2.24) is 4.90 Å². The van der Waals surface area contributed by atoms with E-state index in [0.29, 0.717) is 19.4 Å². The van der Waals surface area contributed by atoms with Crippen LogP contribution < -0.4 is 10.5 Å². The van der Waals surface area contributed by atoms with Crippen molar-refractivity contribution in [3.05, 3.63) is 77.9 Å². The van der Waals surface area contributed by atoms with Gasteiger partial charge in [0.05, 0.1) is 0 Å². The lowest BCUT2D eigenvalue weighted by molar-refractivity contribution is -0.175. The first-order valence-corrected chi connectivity index (χ1v) is 10.3. The summed E-state index contributed by atoms with van der Waals surface area (Å²) < 4.78 is 6.31. The number of amides is 2. The molecule has 3 atom stereocenters. The Labute approximate surface area is 175 Å². The van der Waals surface area contributed by atoms with E-state index in [1.165, 1.54) is 10.8 Å². The van der Waals surface area contributed by atoms with Gasteiger partial charge >= 0.3 is 0 Å². The highest BCUT2D eigenvalue weighted by molar-refractivity contribution is 6.01. The van der Waals surface area contributed by atoms with Crippen LogP contribution in [0.1, 0.15) is 30.4 Å². The molecule has 1 fully saturated rings. The molecule has 3 unspecified atom stereocenters. The number of carbonyl (C=O) groups is 2. The third-order valence-electron chi connectivity index (χ3n) is 6.50. The first kappa shape index (κ1) is 18.7. The molecule has 0 aliphatic carbocycles. The molecular weight excluding hydrogens is 376 g/mol. The summed E-state index contributed by atoms with van der Waals surface area (Å²) in [7, 11) is 0. The lowest BCUT2D eigenvalue weighted by Crippen LogP contribution is -2.64. The molecule has 0 spiro atoms. The highest BCUT2D eigenvalue weighted by Crippen LogP contribution is 2.49. The topological polar surface area (TPSA) is 72.6 Å². The maximum Gasteiger partial charge on any atom is 0.238 e. The molecular formula is C25H24N2O3. The molecule has 2 heterocycles. The second-order valence-electron chi connectivity index (χ2n) is 8.43. The van der Waals surface area contributed by atoms with Gasteiger partial charge in [0, 0.05) is 18.9 Å². The zero-order valence-electron chi connectivity index (χ0n) is 16.9. The van der Waals surface area contributed by atoms with Crippen LogP contribution in [0, 0.1) is 5.92 Å². The van der Waals surface area contributed by atoms with E-state index in [1.807, 2.05) is 43.3 Å². The second kappa shape index (κ2) is 6.87. The van der Waals surface area contributed by atoms with Gasteiger partial charge in [-0.2, -0.15) is 0 Å². The van der Waals surface area contributed by atoms with Gasteiger partial charge in [0.15, 0.2) is 5.72 Å². The Balaban J connectivity index is 1.47. The monoisotopic (exact) mass is 400 g/mol. The minimum absolute atomic E-state index is 0.239. The fourth-order valence-electron chi connectivity index (χ4n) is 5.01. The molecule has 3 aromatic carbocycles. The summed E-state index contributed by atoms with van der Waals surface area (Å²) in [6, 6.07) is 22.2. The molecule has 1 saturated heterocycles. The molecule has 2 amide bonds. The summed E-state index contributed by atoms with van der Waals surface area (Å²) in [4.78, 5) is 27.4. The lowest BCUT2D eigenvalue weighted by atomic mass is 9.73. The number of likely N-dealkylation sites (tertiary alicyclic amines) is 1. The standard InChI is InChI=1S/C25H24N2O3/c1-25-15-20(19-8-4-5-9-21(19)30-25)22(23(26)28)24(29)27(25)13-12-16-10-11-17-6-2-3-7-18(17)14-16/h2-11,14,20,22H,12-13,15H2,1H3,(H2,26,28). The van der Waals surface area contributed by atoms with Gasteiger partial charge in [-0.15, -0.1) is 0 Å². The summed E-state index contributed by atoms with van der Waals surface area (Å²) in [5.41, 5.74) is 6.93. The Hall–Kier alpha value is -3.34. The Bertz CT molecular complexity index is 1160. The van der Waals surface area contributed by atoms with Crippen molar-refractivity contribution in [2.75, 3.05) is 6.54 Å². The van der Waals surface area contributed by atoms with Crippen LogP contribution in [-0.4, -0.2) is 29.0 Å². The van der Waals surface area contributed by atoms with Crippen molar-refractivity contribution in [3.8, 4) is 5.75 Å². The number of piperidine rings is 1. The molecule has 2 bridgehead atoms. The first-order chi connectivity index (χ1) is 14.5. The Morgan fingerprint density at radius 1 is 1.10 bits per heavy atom. The molecule has 5 nitrogen and oxygen atoms in total. The van der Waals surface area contributed by atoms with Crippen molar-refractivity contribution < 1.29 is 14.3 Å². The average molecular weight is 400 g/mol. The highest BCUT2D eigenvalue weighted by Gasteiger charge is 2.55. The van der Waals surface area contributed by atoms with E-state index in [2.05, 4.69) is 30.3 Å². The number of nitrogens with two attached hydrogens (primary N) is 1. The van der Waals surface area contributed by atoms with Crippen molar-refractivity contribution in [2.24, 2.45) is 11.7 Å². The number of hydrogen-bond donors (Lipinski definition) is 1. The smallest absolute Gasteiger partial charge is 0.238 e. The number of rotatable bonds is 4. The number of benzene rings is 3. The average Bonchev–Trinajstić information content (AvgIpc) is 2.73. The molecule has 0 saturated carbocycles. The molecule has 152 valence electrons. The fraction of sp³-hybridized carbons (Fsp3) is 0.280. The predicted octanol–water partition coefficient (Wildman–Crippen LogP) is 3.61. The predicted molar refractivity (Wildman–Crippen MR) is 115 cm³/mol. The largest absolute Gasteiger partial charge is 0.468 e. The van der Waals surface area contributed by atoms with E-state index in [1.54, 1.807) is 4.90 Å². The SMILES string of the molecule is CC12CC(c3ccccc3O1)C(C(N)=O)C(=O)N2CCc1ccc2ccccc2c1. The highest BCUT2D eigenvalue weighted by atomic mass is 16.5. The number of ether oxygens (including phenoxy) is 1. The van der Waals surface area contributed by atoms with Crippen molar-refractivity contribution in [3.63, 3.8) is 0 Å². The number of nitrogens with zero attached hydrogens (tertiary/aromatic N) is 1. The van der Waals surface area contributed by atoms with E-state index in [9.17, 15) is 9.59 Å². The maximum atomic E-state index is 13.4. The van der Waals surface area contributed by atoms with Gasteiger partial charge < -0.3 is 15.4 Å². The third-order valence-corrected chi connectivity index (χ3v) is 6.50. The molecule has 2 aliphatic rings. The number of fused-ring (bicyclic) bond motifs is 5. The minimum atomic E-state index is -0.861. The molecule has 2 aliphatic heterocycles. The van der Waals surface area contributed by atoms with Gasteiger partial charge in [-0.3, -0.25) is 9.59 Å². The molecule has 0 aromatic heterocycles. The quantitative estimate of drug-likeness (QED) is 0.680. The molecule has 30 heavy (non-hydrogen) atoms. The zero-order chi connectivity index (χ0) is 20.9. The van der Waals surface area contributed by atoms with Gasteiger partial charge in [0.2, 0.25) is 11.8 Å².